The Bertz CT molecular complexity index is 677. The summed E-state index contributed by atoms with van der Waals surface area (Å²) in [5, 5.41) is 12.6. The maximum Gasteiger partial charge on any atom is 0.287 e. The Morgan fingerprint density at radius 1 is 1.43 bits per heavy atom. The van der Waals surface area contributed by atoms with Crippen molar-refractivity contribution >= 4 is 5.91 Å². The number of hydrogen-bond donors (Lipinski definition) is 2. The van der Waals surface area contributed by atoms with Crippen LogP contribution < -0.4 is 10.1 Å². The van der Waals surface area contributed by atoms with Crippen LogP contribution in [0.2, 0.25) is 0 Å². The number of methoxy groups -OCH3 is 1. The number of carbonyl (C=O) groups excluding carboxylic acids is 1. The van der Waals surface area contributed by atoms with Gasteiger partial charge in [0, 0.05) is 31.7 Å². The summed E-state index contributed by atoms with van der Waals surface area (Å²) >= 11 is 0. The predicted octanol–water partition coefficient (Wildman–Crippen LogP) is 1.07. The average Bonchev–Trinajstić information content (AvgIpc) is 2.96. The van der Waals surface area contributed by atoms with Crippen molar-refractivity contribution in [1.29, 1.82) is 0 Å². The first-order chi connectivity index (χ1) is 11.1. The van der Waals surface area contributed by atoms with Crippen LogP contribution >= 0.6 is 0 Å². The molecular formula is C16H20N4O3. The molecule has 0 radical (unpaired) electrons. The minimum Gasteiger partial charge on any atom is -0.481 e. The molecule has 0 aliphatic heterocycles. The lowest BCUT2D eigenvalue weighted by Crippen LogP contribution is -2.42. The number of aliphatic hydroxyl groups excluding tert-OH is 1. The molecule has 1 aliphatic rings. The lowest BCUT2D eigenvalue weighted by molar-refractivity contribution is 0.0233. The number of imidazole rings is 1. The number of ether oxygens (including phenoxy) is 1. The van der Waals surface area contributed by atoms with Crippen molar-refractivity contribution in [1.82, 2.24) is 19.9 Å². The molecule has 1 aliphatic carbocycles. The highest BCUT2D eigenvalue weighted by atomic mass is 16.5. The maximum absolute atomic E-state index is 12.5. The number of aryl methyl sites for hydroxylation is 1. The van der Waals surface area contributed by atoms with Gasteiger partial charge in [-0.1, -0.05) is 6.07 Å². The number of pyridine rings is 1. The van der Waals surface area contributed by atoms with E-state index in [2.05, 4.69) is 15.3 Å². The normalized spacial score (nSPS) is 21.3. The van der Waals surface area contributed by atoms with Crippen LogP contribution in [-0.4, -0.2) is 38.8 Å². The first-order valence-electron chi connectivity index (χ1n) is 7.54. The molecule has 1 unspecified atom stereocenters. The minimum atomic E-state index is -0.293. The molecule has 7 nitrogen and oxygen atoms in total. The second-order valence-corrected chi connectivity index (χ2v) is 5.83. The summed E-state index contributed by atoms with van der Waals surface area (Å²) in [6.45, 7) is 0. The summed E-state index contributed by atoms with van der Waals surface area (Å²) in [6, 6.07) is 3.45. The van der Waals surface area contributed by atoms with Crippen molar-refractivity contribution in [2.24, 2.45) is 13.0 Å². The highest BCUT2D eigenvalue weighted by molar-refractivity contribution is 5.91. The van der Waals surface area contributed by atoms with E-state index in [0.717, 1.165) is 5.56 Å². The first kappa shape index (κ1) is 15.5. The van der Waals surface area contributed by atoms with Crippen molar-refractivity contribution in [3.63, 3.8) is 0 Å². The van der Waals surface area contributed by atoms with E-state index < -0.39 is 0 Å². The Labute approximate surface area is 134 Å². The molecule has 122 valence electrons. The SMILES string of the molecule is COc1ccc(C(NC(=O)c2nccn2C)C2CC(O)C2)cn1. The van der Waals surface area contributed by atoms with Gasteiger partial charge in [-0.2, -0.15) is 0 Å². The van der Waals surface area contributed by atoms with Crippen LogP contribution in [0.25, 0.3) is 0 Å². The van der Waals surface area contributed by atoms with E-state index in [4.69, 9.17) is 4.74 Å². The molecule has 2 heterocycles. The fraction of sp³-hybridized carbons (Fsp3) is 0.438. The van der Waals surface area contributed by atoms with Crippen LogP contribution in [0.1, 0.15) is 35.1 Å². The zero-order valence-electron chi connectivity index (χ0n) is 13.1. The van der Waals surface area contributed by atoms with Crippen LogP contribution in [0.4, 0.5) is 0 Å². The fourth-order valence-corrected chi connectivity index (χ4v) is 2.86. The van der Waals surface area contributed by atoms with Gasteiger partial charge in [-0.25, -0.2) is 9.97 Å². The fourth-order valence-electron chi connectivity index (χ4n) is 2.86. The number of carbonyl (C=O) groups is 1. The third-order valence-electron chi connectivity index (χ3n) is 4.26. The molecule has 1 atom stereocenters. The van der Waals surface area contributed by atoms with Crippen LogP contribution in [-0.2, 0) is 7.05 Å². The quantitative estimate of drug-likeness (QED) is 0.861. The highest BCUT2D eigenvalue weighted by Gasteiger charge is 2.36. The van der Waals surface area contributed by atoms with Crippen molar-refractivity contribution in [2.45, 2.75) is 25.0 Å². The third-order valence-corrected chi connectivity index (χ3v) is 4.26. The summed E-state index contributed by atoms with van der Waals surface area (Å²) in [5.41, 5.74) is 0.894. The summed E-state index contributed by atoms with van der Waals surface area (Å²) in [6.07, 6.45) is 6.05. The zero-order valence-corrected chi connectivity index (χ0v) is 13.1. The Balaban J connectivity index is 1.80. The predicted molar refractivity (Wildman–Crippen MR) is 82.9 cm³/mol. The lowest BCUT2D eigenvalue weighted by atomic mass is 9.75. The molecular weight excluding hydrogens is 296 g/mol. The molecule has 0 saturated heterocycles. The van der Waals surface area contributed by atoms with Gasteiger partial charge < -0.3 is 19.7 Å². The summed E-state index contributed by atoms with van der Waals surface area (Å²) in [4.78, 5) is 20.7. The van der Waals surface area contributed by atoms with Crippen molar-refractivity contribution < 1.29 is 14.6 Å². The summed E-state index contributed by atoms with van der Waals surface area (Å²) in [7, 11) is 3.34. The Hall–Kier alpha value is -2.41. The molecule has 3 rings (SSSR count). The Morgan fingerprint density at radius 2 is 2.22 bits per heavy atom. The summed E-state index contributed by atoms with van der Waals surface area (Å²) in [5.74, 6) is 0.831. The number of nitrogens with zero attached hydrogens (tertiary/aromatic N) is 3. The number of aromatic nitrogens is 3. The zero-order chi connectivity index (χ0) is 16.4. The first-order valence-corrected chi connectivity index (χ1v) is 7.54. The van der Waals surface area contributed by atoms with Crippen LogP contribution in [0, 0.1) is 5.92 Å². The second kappa shape index (κ2) is 6.37. The molecule has 0 aromatic carbocycles. The van der Waals surface area contributed by atoms with Gasteiger partial charge in [0.25, 0.3) is 5.91 Å². The third kappa shape index (κ3) is 3.19. The molecule has 2 N–H and O–H groups in total. The lowest BCUT2D eigenvalue weighted by Gasteiger charge is -2.38. The summed E-state index contributed by atoms with van der Waals surface area (Å²) < 4.78 is 6.75. The highest BCUT2D eigenvalue weighted by Crippen LogP contribution is 2.38. The molecule has 1 amide bonds. The van der Waals surface area contributed by atoms with Crippen LogP contribution in [0.5, 0.6) is 5.88 Å². The Morgan fingerprint density at radius 3 is 2.74 bits per heavy atom. The van der Waals surface area contributed by atoms with Gasteiger partial charge in [-0.15, -0.1) is 0 Å². The second-order valence-electron chi connectivity index (χ2n) is 5.83. The van der Waals surface area contributed by atoms with Gasteiger partial charge in [0.2, 0.25) is 5.88 Å². The number of rotatable bonds is 5. The van der Waals surface area contributed by atoms with E-state index in [1.54, 1.807) is 43.4 Å². The van der Waals surface area contributed by atoms with E-state index in [0.29, 0.717) is 24.5 Å². The minimum absolute atomic E-state index is 0.185. The van der Waals surface area contributed by atoms with E-state index in [1.165, 1.54) is 0 Å². The van der Waals surface area contributed by atoms with Gasteiger partial charge in [0.1, 0.15) is 0 Å². The molecule has 0 spiro atoms. The van der Waals surface area contributed by atoms with E-state index in [1.807, 2.05) is 6.07 Å². The van der Waals surface area contributed by atoms with Crippen molar-refractivity contribution in [2.75, 3.05) is 7.11 Å². The van der Waals surface area contributed by atoms with Gasteiger partial charge in [0.05, 0.1) is 19.3 Å². The molecule has 0 bridgehead atoms. The monoisotopic (exact) mass is 316 g/mol. The largest absolute Gasteiger partial charge is 0.481 e. The molecule has 1 saturated carbocycles. The van der Waals surface area contributed by atoms with E-state index >= 15 is 0 Å². The van der Waals surface area contributed by atoms with Crippen molar-refractivity contribution in [3.05, 3.63) is 42.1 Å². The standard InChI is InChI=1S/C16H20N4O3/c1-20-6-5-17-15(20)16(22)19-14(11-7-12(21)8-11)10-3-4-13(23-2)18-9-10/h3-6,9,11-12,14,21H,7-8H2,1-2H3,(H,19,22). The molecule has 2 aromatic rings. The number of amides is 1. The Kier molecular flexibility index (Phi) is 4.29. The van der Waals surface area contributed by atoms with E-state index in [-0.39, 0.29) is 24.0 Å². The van der Waals surface area contributed by atoms with E-state index in [9.17, 15) is 9.90 Å². The maximum atomic E-state index is 12.5. The molecule has 7 heteroatoms. The molecule has 1 fully saturated rings. The average molecular weight is 316 g/mol. The van der Waals surface area contributed by atoms with Gasteiger partial charge >= 0.3 is 0 Å². The number of aliphatic hydroxyl groups is 1. The van der Waals surface area contributed by atoms with Gasteiger partial charge in [-0.05, 0) is 24.3 Å². The smallest absolute Gasteiger partial charge is 0.287 e. The van der Waals surface area contributed by atoms with Gasteiger partial charge in [-0.3, -0.25) is 4.79 Å². The molecule has 2 aromatic heterocycles. The van der Waals surface area contributed by atoms with Gasteiger partial charge in [0.15, 0.2) is 5.82 Å². The van der Waals surface area contributed by atoms with Crippen LogP contribution in [0.3, 0.4) is 0 Å². The topological polar surface area (TPSA) is 89.3 Å². The number of hydrogen-bond acceptors (Lipinski definition) is 5. The van der Waals surface area contributed by atoms with Crippen molar-refractivity contribution in [3.8, 4) is 5.88 Å². The number of nitrogens with one attached hydrogen (secondary N) is 1. The molecule has 23 heavy (non-hydrogen) atoms. The van der Waals surface area contributed by atoms with Crippen LogP contribution in [0.15, 0.2) is 30.7 Å².